The van der Waals surface area contributed by atoms with Crippen LogP contribution < -0.4 is 5.32 Å². The standard InChI is InChI=1S/C15H23NO2/c1-11(12-7-5-4-6-8-12)16-13-9-10-18-15(2,3)14(13)17/h4-8,11,13-14,16-17H,9-10H2,1-3H3/t11-,13-,14+/m0/s1. The Kier molecular flexibility index (Phi) is 4.05. The molecule has 100 valence electrons. The van der Waals surface area contributed by atoms with E-state index in [2.05, 4.69) is 24.4 Å². The lowest BCUT2D eigenvalue weighted by Gasteiger charge is -2.42. The van der Waals surface area contributed by atoms with Crippen molar-refractivity contribution in [2.45, 2.75) is 51.0 Å². The summed E-state index contributed by atoms with van der Waals surface area (Å²) in [5.74, 6) is 0. The van der Waals surface area contributed by atoms with Crippen molar-refractivity contribution in [1.82, 2.24) is 5.32 Å². The van der Waals surface area contributed by atoms with Gasteiger partial charge in [-0.3, -0.25) is 0 Å². The maximum Gasteiger partial charge on any atom is 0.0977 e. The molecule has 3 heteroatoms. The summed E-state index contributed by atoms with van der Waals surface area (Å²) in [5, 5.41) is 13.8. The van der Waals surface area contributed by atoms with Gasteiger partial charge in [0.1, 0.15) is 0 Å². The van der Waals surface area contributed by atoms with Gasteiger partial charge in [0.25, 0.3) is 0 Å². The van der Waals surface area contributed by atoms with Crippen molar-refractivity contribution in [2.75, 3.05) is 6.61 Å². The minimum atomic E-state index is -0.475. The second-order valence-corrected chi connectivity index (χ2v) is 5.59. The van der Waals surface area contributed by atoms with Crippen molar-refractivity contribution >= 4 is 0 Å². The maximum atomic E-state index is 10.3. The average molecular weight is 249 g/mol. The minimum Gasteiger partial charge on any atom is -0.389 e. The van der Waals surface area contributed by atoms with E-state index in [1.807, 2.05) is 32.0 Å². The van der Waals surface area contributed by atoms with E-state index in [0.29, 0.717) is 6.61 Å². The molecule has 0 spiro atoms. The lowest BCUT2D eigenvalue weighted by atomic mass is 9.89. The van der Waals surface area contributed by atoms with Gasteiger partial charge in [-0.2, -0.15) is 0 Å². The Bertz CT molecular complexity index is 377. The third-order valence-corrected chi connectivity index (χ3v) is 3.76. The van der Waals surface area contributed by atoms with Crippen LogP contribution >= 0.6 is 0 Å². The zero-order chi connectivity index (χ0) is 13.2. The molecule has 0 radical (unpaired) electrons. The Morgan fingerprint density at radius 1 is 1.33 bits per heavy atom. The zero-order valence-corrected chi connectivity index (χ0v) is 11.4. The predicted octanol–water partition coefficient (Wildman–Crippen LogP) is 2.27. The van der Waals surface area contributed by atoms with Crippen molar-refractivity contribution in [2.24, 2.45) is 0 Å². The van der Waals surface area contributed by atoms with Crippen LogP contribution in [0, 0.1) is 0 Å². The van der Waals surface area contributed by atoms with E-state index in [1.165, 1.54) is 5.56 Å². The first-order chi connectivity index (χ1) is 8.50. The van der Waals surface area contributed by atoms with Crippen LogP contribution in [0.15, 0.2) is 30.3 Å². The highest BCUT2D eigenvalue weighted by atomic mass is 16.5. The molecule has 0 amide bonds. The molecule has 2 N–H and O–H groups in total. The maximum absolute atomic E-state index is 10.3. The van der Waals surface area contributed by atoms with Crippen molar-refractivity contribution in [1.29, 1.82) is 0 Å². The normalized spacial score (nSPS) is 28.9. The summed E-state index contributed by atoms with van der Waals surface area (Å²) in [7, 11) is 0. The molecule has 0 saturated carbocycles. The summed E-state index contributed by atoms with van der Waals surface area (Å²) in [4.78, 5) is 0. The van der Waals surface area contributed by atoms with Crippen LogP contribution in [-0.4, -0.2) is 29.5 Å². The van der Waals surface area contributed by atoms with Gasteiger partial charge in [-0.25, -0.2) is 0 Å². The number of benzene rings is 1. The number of hydrogen-bond acceptors (Lipinski definition) is 3. The molecule has 0 aliphatic carbocycles. The first-order valence-electron chi connectivity index (χ1n) is 6.64. The fourth-order valence-electron chi connectivity index (χ4n) is 2.51. The largest absolute Gasteiger partial charge is 0.389 e. The Morgan fingerprint density at radius 3 is 2.67 bits per heavy atom. The van der Waals surface area contributed by atoms with Gasteiger partial charge in [0.05, 0.1) is 11.7 Å². The molecule has 1 fully saturated rings. The molecular formula is C15H23NO2. The highest BCUT2D eigenvalue weighted by Gasteiger charge is 2.39. The molecule has 3 atom stereocenters. The molecule has 3 nitrogen and oxygen atoms in total. The average Bonchev–Trinajstić information content (AvgIpc) is 2.36. The van der Waals surface area contributed by atoms with Gasteiger partial charge in [0, 0.05) is 18.7 Å². The quantitative estimate of drug-likeness (QED) is 0.863. The third-order valence-electron chi connectivity index (χ3n) is 3.76. The van der Waals surface area contributed by atoms with Gasteiger partial charge in [0.2, 0.25) is 0 Å². The molecule has 18 heavy (non-hydrogen) atoms. The van der Waals surface area contributed by atoms with E-state index in [0.717, 1.165) is 6.42 Å². The van der Waals surface area contributed by atoms with Gasteiger partial charge < -0.3 is 15.2 Å². The number of hydrogen-bond donors (Lipinski definition) is 2. The Hall–Kier alpha value is -0.900. The summed E-state index contributed by atoms with van der Waals surface area (Å²) in [6, 6.07) is 10.6. The Balaban J connectivity index is 2.01. The Labute approximate surface area is 109 Å². The fraction of sp³-hybridized carbons (Fsp3) is 0.600. The van der Waals surface area contributed by atoms with E-state index >= 15 is 0 Å². The molecule has 1 aliphatic heterocycles. The second-order valence-electron chi connectivity index (χ2n) is 5.59. The number of nitrogens with one attached hydrogen (secondary N) is 1. The number of ether oxygens (including phenoxy) is 1. The van der Waals surface area contributed by atoms with Crippen LogP contribution in [-0.2, 0) is 4.74 Å². The predicted molar refractivity (Wildman–Crippen MR) is 72.4 cm³/mol. The number of aliphatic hydroxyl groups excluding tert-OH is 1. The molecule has 0 unspecified atom stereocenters. The van der Waals surface area contributed by atoms with E-state index in [1.54, 1.807) is 0 Å². The molecule has 1 heterocycles. The monoisotopic (exact) mass is 249 g/mol. The van der Waals surface area contributed by atoms with E-state index < -0.39 is 11.7 Å². The highest BCUT2D eigenvalue weighted by Crippen LogP contribution is 2.26. The van der Waals surface area contributed by atoms with Gasteiger partial charge in [-0.1, -0.05) is 30.3 Å². The first-order valence-corrected chi connectivity index (χ1v) is 6.64. The van der Waals surface area contributed by atoms with Crippen LogP contribution in [0.25, 0.3) is 0 Å². The smallest absolute Gasteiger partial charge is 0.0977 e. The van der Waals surface area contributed by atoms with Crippen molar-refractivity contribution in [3.63, 3.8) is 0 Å². The second kappa shape index (κ2) is 5.39. The lowest BCUT2D eigenvalue weighted by molar-refractivity contribution is -0.147. The van der Waals surface area contributed by atoms with Crippen LogP contribution in [0.4, 0.5) is 0 Å². The SMILES string of the molecule is C[C@H](N[C@H]1CCOC(C)(C)[C@@H]1O)c1ccccc1. The Morgan fingerprint density at radius 2 is 2.00 bits per heavy atom. The van der Waals surface area contributed by atoms with Crippen LogP contribution in [0.2, 0.25) is 0 Å². The highest BCUT2D eigenvalue weighted by molar-refractivity contribution is 5.18. The molecule has 0 aromatic heterocycles. The van der Waals surface area contributed by atoms with Crippen LogP contribution in [0.5, 0.6) is 0 Å². The van der Waals surface area contributed by atoms with Crippen molar-refractivity contribution in [3.8, 4) is 0 Å². The molecule has 0 bridgehead atoms. The summed E-state index contributed by atoms with van der Waals surface area (Å²) < 4.78 is 5.61. The van der Waals surface area contributed by atoms with Gasteiger partial charge in [-0.05, 0) is 32.8 Å². The van der Waals surface area contributed by atoms with Crippen LogP contribution in [0.1, 0.15) is 38.8 Å². The van der Waals surface area contributed by atoms with E-state index in [4.69, 9.17) is 4.74 Å². The molecule has 2 rings (SSSR count). The number of aliphatic hydroxyl groups is 1. The zero-order valence-electron chi connectivity index (χ0n) is 11.4. The fourth-order valence-corrected chi connectivity index (χ4v) is 2.51. The van der Waals surface area contributed by atoms with Gasteiger partial charge >= 0.3 is 0 Å². The summed E-state index contributed by atoms with van der Waals surface area (Å²) in [6.07, 6.45) is 0.374. The summed E-state index contributed by atoms with van der Waals surface area (Å²) in [5.41, 5.74) is 0.778. The van der Waals surface area contributed by atoms with Crippen molar-refractivity contribution in [3.05, 3.63) is 35.9 Å². The number of rotatable bonds is 3. The van der Waals surface area contributed by atoms with Crippen LogP contribution in [0.3, 0.4) is 0 Å². The topological polar surface area (TPSA) is 41.5 Å². The summed E-state index contributed by atoms with van der Waals surface area (Å²) in [6.45, 7) is 6.71. The van der Waals surface area contributed by atoms with Gasteiger partial charge in [-0.15, -0.1) is 0 Å². The molecule has 1 aliphatic rings. The van der Waals surface area contributed by atoms with E-state index in [9.17, 15) is 5.11 Å². The molecular weight excluding hydrogens is 226 g/mol. The molecule has 1 aromatic rings. The lowest BCUT2D eigenvalue weighted by Crippen LogP contribution is -2.56. The first kappa shape index (κ1) is 13.5. The summed E-state index contributed by atoms with van der Waals surface area (Å²) >= 11 is 0. The van der Waals surface area contributed by atoms with Crippen molar-refractivity contribution < 1.29 is 9.84 Å². The minimum absolute atomic E-state index is 0.0870. The molecule has 1 saturated heterocycles. The van der Waals surface area contributed by atoms with Gasteiger partial charge in [0.15, 0.2) is 0 Å². The third kappa shape index (κ3) is 2.91. The van der Waals surface area contributed by atoms with E-state index in [-0.39, 0.29) is 12.1 Å². The molecule has 1 aromatic carbocycles.